The van der Waals surface area contributed by atoms with Gasteiger partial charge in [-0.2, -0.15) is 0 Å². The summed E-state index contributed by atoms with van der Waals surface area (Å²) in [6.45, 7) is 5.91. The van der Waals surface area contributed by atoms with Crippen LogP contribution in [-0.2, 0) is 25.6 Å². The second kappa shape index (κ2) is 10.6. The molecule has 7 heteroatoms. The van der Waals surface area contributed by atoms with Gasteiger partial charge < -0.3 is 10.2 Å². The highest BCUT2D eigenvalue weighted by atomic mass is 16.2. The Bertz CT molecular complexity index is 854. The Balaban J connectivity index is 1.66. The number of imide groups is 1. The molecule has 0 unspecified atom stereocenters. The lowest BCUT2D eigenvalue weighted by atomic mass is 9.85. The predicted octanol–water partition coefficient (Wildman–Crippen LogP) is 2.31. The van der Waals surface area contributed by atoms with Crippen molar-refractivity contribution in [1.82, 2.24) is 15.1 Å². The number of amides is 4. The largest absolute Gasteiger partial charge is 0.352 e. The van der Waals surface area contributed by atoms with Crippen LogP contribution in [0.25, 0.3) is 0 Å². The Morgan fingerprint density at radius 2 is 1.62 bits per heavy atom. The second-order valence-electron chi connectivity index (χ2n) is 8.90. The van der Waals surface area contributed by atoms with Crippen LogP contribution < -0.4 is 5.32 Å². The van der Waals surface area contributed by atoms with Crippen LogP contribution in [0.1, 0.15) is 45.6 Å². The monoisotopic (exact) mass is 439 g/mol. The SMILES string of the molecule is CC(C)NC(=O)[C@@H](C)N(CCc1ccccc1)C(=O)CCN1C(=O)[C@H]2CC=CC[C@H]2C1=O. The van der Waals surface area contributed by atoms with Crippen molar-refractivity contribution in [2.45, 2.75) is 58.5 Å². The minimum atomic E-state index is -0.648. The molecule has 1 saturated heterocycles. The van der Waals surface area contributed by atoms with Gasteiger partial charge >= 0.3 is 0 Å². The third kappa shape index (κ3) is 5.44. The molecule has 172 valence electrons. The van der Waals surface area contributed by atoms with E-state index in [0.29, 0.717) is 25.8 Å². The summed E-state index contributed by atoms with van der Waals surface area (Å²) in [6, 6.07) is 9.10. The van der Waals surface area contributed by atoms with Crippen molar-refractivity contribution in [3.05, 3.63) is 48.0 Å². The number of rotatable bonds is 9. The van der Waals surface area contributed by atoms with Crippen LogP contribution in [0.15, 0.2) is 42.5 Å². The quantitative estimate of drug-likeness (QED) is 0.473. The third-order valence-electron chi connectivity index (χ3n) is 6.23. The molecule has 0 bridgehead atoms. The Kier molecular flexibility index (Phi) is 7.83. The van der Waals surface area contributed by atoms with Gasteiger partial charge in [0.2, 0.25) is 23.6 Å². The summed E-state index contributed by atoms with van der Waals surface area (Å²) >= 11 is 0. The maximum Gasteiger partial charge on any atom is 0.242 e. The van der Waals surface area contributed by atoms with E-state index in [4.69, 9.17) is 0 Å². The molecule has 0 spiro atoms. The van der Waals surface area contributed by atoms with Crippen molar-refractivity contribution in [2.75, 3.05) is 13.1 Å². The van der Waals surface area contributed by atoms with Gasteiger partial charge in [-0.15, -0.1) is 0 Å². The Morgan fingerprint density at radius 3 is 2.19 bits per heavy atom. The number of fused-ring (bicyclic) bond motifs is 1. The highest BCUT2D eigenvalue weighted by Crippen LogP contribution is 2.35. The van der Waals surface area contributed by atoms with E-state index in [9.17, 15) is 19.2 Å². The highest BCUT2D eigenvalue weighted by molar-refractivity contribution is 6.05. The van der Waals surface area contributed by atoms with Gasteiger partial charge in [0, 0.05) is 25.6 Å². The Morgan fingerprint density at radius 1 is 1.03 bits per heavy atom. The molecule has 0 aromatic heterocycles. The van der Waals surface area contributed by atoms with E-state index in [1.807, 2.05) is 56.3 Å². The molecular weight excluding hydrogens is 406 g/mol. The van der Waals surface area contributed by atoms with Gasteiger partial charge in [-0.3, -0.25) is 24.1 Å². The number of likely N-dealkylation sites (tertiary alicyclic amines) is 1. The molecule has 1 aliphatic heterocycles. The van der Waals surface area contributed by atoms with Gasteiger partial charge in [-0.25, -0.2) is 0 Å². The number of allylic oxidation sites excluding steroid dienone is 2. The van der Waals surface area contributed by atoms with Crippen LogP contribution in [0.2, 0.25) is 0 Å². The zero-order valence-electron chi connectivity index (χ0n) is 19.1. The second-order valence-corrected chi connectivity index (χ2v) is 8.90. The van der Waals surface area contributed by atoms with Crippen molar-refractivity contribution < 1.29 is 19.2 Å². The van der Waals surface area contributed by atoms with Crippen LogP contribution in [0.5, 0.6) is 0 Å². The van der Waals surface area contributed by atoms with Gasteiger partial charge in [0.15, 0.2) is 0 Å². The topological polar surface area (TPSA) is 86.8 Å². The van der Waals surface area contributed by atoms with E-state index < -0.39 is 6.04 Å². The number of carbonyl (C=O) groups excluding carboxylic acids is 4. The summed E-state index contributed by atoms with van der Waals surface area (Å²) in [5, 5.41) is 2.86. The predicted molar refractivity (Wildman–Crippen MR) is 121 cm³/mol. The molecule has 4 amide bonds. The molecule has 1 aromatic rings. The average molecular weight is 440 g/mol. The molecule has 1 heterocycles. The number of hydrogen-bond donors (Lipinski definition) is 1. The van der Waals surface area contributed by atoms with E-state index in [1.165, 1.54) is 4.90 Å². The maximum atomic E-state index is 13.2. The zero-order valence-corrected chi connectivity index (χ0v) is 19.1. The molecule has 7 nitrogen and oxygen atoms in total. The third-order valence-corrected chi connectivity index (χ3v) is 6.23. The van der Waals surface area contributed by atoms with E-state index in [1.54, 1.807) is 11.8 Å². The van der Waals surface area contributed by atoms with Gasteiger partial charge in [0.05, 0.1) is 11.8 Å². The molecule has 1 aromatic carbocycles. The lowest BCUT2D eigenvalue weighted by Gasteiger charge is -2.30. The Hall–Kier alpha value is -2.96. The van der Waals surface area contributed by atoms with Crippen molar-refractivity contribution in [1.29, 1.82) is 0 Å². The minimum Gasteiger partial charge on any atom is -0.352 e. The first-order valence-electron chi connectivity index (χ1n) is 11.4. The zero-order chi connectivity index (χ0) is 23.3. The van der Waals surface area contributed by atoms with Gasteiger partial charge in [-0.05, 0) is 45.6 Å². The van der Waals surface area contributed by atoms with Crippen LogP contribution in [0.3, 0.4) is 0 Å². The number of benzene rings is 1. The van der Waals surface area contributed by atoms with Crippen LogP contribution in [0, 0.1) is 11.8 Å². The van der Waals surface area contributed by atoms with Gasteiger partial charge in [0.25, 0.3) is 0 Å². The summed E-state index contributed by atoms with van der Waals surface area (Å²) in [7, 11) is 0. The molecular formula is C25H33N3O4. The van der Waals surface area contributed by atoms with Crippen molar-refractivity contribution in [2.24, 2.45) is 11.8 Å². The summed E-state index contributed by atoms with van der Waals surface area (Å²) < 4.78 is 0. The molecule has 3 atom stereocenters. The maximum absolute atomic E-state index is 13.2. The molecule has 0 radical (unpaired) electrons. The van der Waals surface area contributed by atoms with Crippen LogP contribution in [0.4, 0.5) is 0 Å². The lowest BCUT2D eigenvalue weighted by molar-refractivity contribution is -0.143. The van der Waals surface area contributed by atoms with E-state index in [-0.39, 0.29) is 54.5 Å². The summed E-state index contributed by atoms with van der Waals surface area (Å²) in [5.41, 5.74) is 1.07. The highest BCUT2D eigenvalue weighted by Gasteiger charge is 2.47. The van der Waals surface area contributed by atoms with Crippen molar-refractivity contribution in [3.8, 4) is 0 Å². The smallest absolute Gasteiger partial charge is 0.242 e. The van der Waals surface area contributed by atoms with E-state index >= 15 is 0 Å². The first kappa shape index (κ1) is 23.7. The molecule has 1 aliphatic carbocycles. The lowest BCUT2D eigenvalue weighted by Crippen LogP contribution is -2.50. The molecule has 32 heavy (non-hydrogen) atoms. The Labute approximate surface area is 189 Å². The number of nitrogens with one attached hydrogen (secondary N) is 1. The molecule has 1 fully saturated rings. The van der Waals surface area contributed by atoms with Crippen molar-refractivity contribution in [3.63, 3.8) is 0 Å². The van der Waals surface area contributed by atoms with Gasteiger partial charge in [0.1, 0.15) is 6.04 Å². The number of nitrogens with zero attached hydrogens (tertiary/aromatic N) is 2. The van der Waals surface area contributed by atoms with Crippen molar-refractivity contribution >= 4 is 23.6 Å². The van der Waals surface area contributed by atoms with E-state index in [2.05, 4.69) is 5.32 Å². The van der Waals surface area contributed by atoms with Gasteiger partial charge in [-0.1, -0.05) is 42.5 Å². The fourth-order valence-electron chi connectivity index (χ4n) is 4.42. The van der Waals surface area contributed by atoms with Crippen LogP contribution in [-0.4, -0.2) is 58.6 Å². The van der Waals surface area contributed by atoms with Crippen LogP contribution >= 0.6 is 0 Å². The first-order chi connectivity index (χ1) is 15.3. The standard InChI is InChI=1S/C25H33N3O4/c1-17(2)26-23(30)18(3)27(15-13-19-9-5-4-6-10-19)22(29)14-16-28-24(31)20-11-7-8-12-21(20)25(28)32/h4-10,17-18,20-21H,11-16H2,1-3H3,(H,26,30)/t18-,20-,21+/m1/s1. The average Bonchev–Trinajstić information content (AvgIpc) is 3.02. The summed E-state index contributed by atoms with van der Waals surface area (Å²) in [6.07, 6.45) is 5.68. The number of hydrogen-bond acceptors (Lipinski definition) is 4. The van der Waals surface area contributed by atoms with E-state index in [0.717, 1.165) is 5.56 Å². The molecule has 0 saturated carbocycles. The fourth-order valence-corrected chi connectivity index (χ4v) is 4.42. The first-order valence-corrected chi connectivity index (χ1v) is 11.4. The normalized spacial score (nSPS) is 20.9. The molecule has 1 N–H and O–H groups in total. The summed E-state index contributed by atoms with van der Waals surface area (Å²) in [5.74, 6) is -1.41. The minimum absolute atomic E-state index is 0.0123. The fraction of sp³-hybridized carbons (Fsp3) is 0.520. The number of carbonyl (C=O) groups is 4. The summed E-state index contributed by atoms with van der Waals surface area (Å²) in [4.78, 5) is 54.0. The molecule has 3 rings (SSSR count). The molecule has 2 aliphatic rings.